The largest absolute Gasteiger partial charge is 0.355 e. The summed E-state index contributed by atoms with van der Waals surface area (Å²) in [6, 6.07) is -0.755. The van der Waals surface area contributed by atoms with Gasteiger partial charge in [-0.3, -0.25) is 4.79 Å². The maximum atomic E-state index is 11.6. The Kier molecular flexibility index (Phi) is 7.74. The van der Waals surface area contributed by atoms with E-state index in [1.54, 1.807) is 6.92 Å². The minimum absolute atomic E-state index is 0.0676. The molecule has 0 radical (unpaired) electrons. The number of halogens is 1. The molecule has 0 aromatic rings. The van der Waals surface area contributed by atoms with Gasteiger partial charge in [0.15, 0.2) is 0 Å². The van der Waals surface area contributed by atoms with E-state index in [4.69, 9.17) is 11.6 Å². The summed E-state index contributed by atoms with van der Waals surface area (Å²) >= 11 is 5.55. The van der Waals surface area contributed by atoms with Crippen LogP contribution in [0.5, 0.6) is 0 Å². The van der Waals surface area contributed by atoms with Crippen LogP contribution < -0.4 is 10.0 Å². The second kappa shape index (κ2) is 7.89. The van der Waals surface area contributed by atoms with E-state index >= 15 is 0 Å². The molecule has 0 saturated heterocycles. The summed E-state index contributed by atoms with van der Waals surface area (Å²) < 4.78 is 25.6. The van der Waals surface area contributed by atoms with Crippen molar-refractivity contribution < 1.29 is 13.2 Å². The second-order valence-corrected chi connectivity index (χ2v) is 6.28. The van der Waals surface area contributed by atoms with Gasteiger partial charge in [0, 0.05) is 12.4 Å². The fourth-order valence-electron chi connectivity index (χ4n) is 1.19. The van der Waals surface area contributed by atoms with Crippen LogP contribution in [0.4, 0.5) is 0 Å². The zero-order chi connectivity index (χ0) is 13.5. The van der Waals surface area contributed by atoms with Crippen molar-refractivity contribution in [3.63, 3.8) is 0 Å². The first-order chi connectivity index (χ1) is 7.82. The average Bonchev–Trinajstić information content (AvgIpc) is 2.24. The van der Waals surface area contributed by atoms with E-state index in [1.165, 1.54) is 6.92 Å². The van der Waals surface area contributed by atoms with Crippen molar-refractivity contribution in [1.29, 1.82) is 0 Å². The molecule has 102 valence electrons. The summed E-state index contributed by atoms with van der Waals surface area (Å²) in [7, 11) is -3.46. The summed E-state index contributed by atoms with van der Waals surface area (Å²) in [6.45, 7) is 5.74. The molecular weight excluding hydrogens is 264 g/mol. The summed E-state index contributed by atoms with van der Waals surface area (Å²) in [4.78, 5) is 11.5. The Balaban J connectivity index is 4.26. The third-order valence-corrected chi connectivity index (χ3v) is 4.31. The van der Waals surface area contributed by atoms with Gasteiger partial charge in [0.05, 0.1) is 11.8 Å². The number of carbonyl (C=O) groups is 1. The van der Waals surface area contributed by atoms with Crippen LogP contribution in [0.15, 0.2) is 0 Å². The van der Waals surface area contributed by atoms with Gasteiger partial charge < -0.3 is 5.32 Å². The molecule has 0 heterocycles. The van der Waals surface area contributed by atoms with E-state index in [1.807, 2.05) is 6.92 Å². The molecule has 17 heavy (non-hydrogen) atoms. The molecule has 0 rings (SSSR count). The van der Waals surface area contributed by atoms with Crippen LogP contribution in [0.25, 0.3) is 0 Å². The van der Waals surface area contributed by atoms with Crippen molar-refractivity contribution >= 4 is 27.5 Å². The normalized spacial score (nSPS) is 15.3. The Morgan fingerprint density at radius 1 is 1.35 bits per heavy atom. The van der Waals surface area contributed by atoms with Crippen LogP contribution in [0.3, 0.4) is 0 Å². The first-order valence-corrected chi connectivity index (χ1v) is 7.84. The van der Waals surface area contributed by atoms with Gasteiger partial charge in [0.2, 0.25) is 15.9 Å². The third-order valence-electron chi connectivity index (χ3n) is 2.07. The van der Waals surface area contributed by atoms with Crippen molar-refractivity contribution in [3.8, 4) is 0 Å². The molecule has 0 aromatic heterocycles. The maximum absolute atomic E-state index is 11.6. The van der Waals surface area contributed by atoms with Crippen molar-refractivity contribution in [3.05, 3.63) is 0 Å². The van der Waals surface area contributed by atoms with Crippen molar-refractivity contribution in [2.24, 2.45) is 5.92 Å². The highest BCUT2D eigenvalue weighted by Crippen LogP contribution is 2.02. The second-order valence-electron chi connectivity index (χ2n) is 4.17. The highest BCUT2D eigenvalue weighted by atomic mass is 35.5. The number of nitrogens with one attached hydrogen (secondary N) is 2. The topological polar surface area (TPSA) is 75.3 Å². The molecule has 5 nitrogen and oxygen atoms in total. The summed E-state index contributed by atoms with van der Waals surface area (Å²) in [6.07, 6.45) is 0.814. The summed E-state index contributed by atoms with van der Waals surface area (Å²) in [5.74, 6) is -0.242. The number of rotatable bonds is 8. The molecule has 1 amide bonds. The standard InChI is InChI=1S/C10H21ClN2O3S/c1-4-5-12-10(14)9(3)13-17(15,16)7-8(2)6-11/h8-9,13H,4-7H2,1-3H3,(H,12,14). The highest BCUT2D eigenvalue weighted by molar-refractivity contribution is 7.89. The number of amides is 1. The molecule has 7 heteroatoms. The van der Waals surface area contributed by atoms with E-state index in [0.717, 1.165) is 6.42 Å². The molecule has 0 fully saturated rings. The van der Waals surface area contributed by atoms with Gasteiger partial charge in [-0.15, -0.1) is 11.6 Å². The zero-order valence-electron chi connectivity index (χ0n) is 10.5. The van der Waals surface area contributed by atoms with Crippen LogP contribution >= 0.6 is 11.6 Å². The van der Waals surface area contributed by atoms with Crippen LogP contribution in [0.1, 0.15) is 27.2 Å². The molecule has 2 atom stereocenters. The van der Waals surface area contributed by atoms with Crippen molar-refractivity contribution in [1.82, 2.24) is 10.0 Å². The Labute approximate surface area is 108 Å². The lowest BCUT2D eigenvalue weighted by Gasteiger charge is -2.15. The lowest BCUT2D eigenvalue weighted by Crippen LogP contribution is -2.46. The van der Waals surface area contributed by atoms with E-state index in [2.05, 4.69) is 10.0 Å². The molecular formula is C10H21ClN2O3S. The Hall–Kier alpha value is -0.330. The molecule has 0 spiro atoms. The minimum Gasteiger partial charge on any atom is -0.355 e. The van der Waals surface area contributed by atoms with Crippen LogP contribution in [0, 0.1) is 5.92 Å². The quantitative estimate of drug-likeness (QED) is 0.644. The van der Waals surface area contributed by atoms with Crippen LogP contribution in [0.2, 0.25) is 0 Å². The zero-order valence-corrected chi connectivity index (χ0v) is 12.1. The van der Waals surface area contributed by atoms with Gasteiger partial charge in [0.1, 0.15) is 0 Å². The molecule has 2 N–H and O–H groups in total. The Morgan fingerprint density at radius 3 is 2.41 bits per heavy atom. The van der Waals surface area contributed by atoms with E-state index in [-0.39, 0.29) is 23.5 Å². The molecule has 0 aliphatic carbocycles. The maximum Gasteiger partial charge on any atom is 0.237 e. The number of hydrogen-bond acceptors (Lipinski definition) is 3. The monoisotopic (exact) mass is 284 g/mol. The lowest BCUT2D eigenvalue weighted by atomic mass is 10.3. The Morgan fingerprint density at radius 2 is 1.94 bits per heavy atom. The van der Waals surface area contributed by atoms with Gasteiger partial charge in [-0.05, 0) is 19.3 Å². The smallest absolute Gasteiger partial charge is 0.237 e. The summed E-state index contributed by atoms with van der Waals surface area (Å²) in [5.41, 5.74) is 0. The molecule has 0 aromatic carbocycles. The van der Waals surface area contributed by atoms with Crippen molar-refractivity contribution in [2.75, 3.05) is 18.2 Å². The molecule has 0 aliphatic rings. The third kappa shape index (κ3) is 7.57. The van der Waals surface area contributed by atoms with E-state index in [0.29, 0.717) is 6.54 Å². The number of hydrogen-bond donors (Lipinski definition) is 2. The minimum atomic E-state index is -3.46. The average molecular weight is 285 g/mol. The molecule has 0 bridgehead atoms. The van der Waals surface area contributed by atoms with Crippen molar-refractivity contribution in [2.45, 2.75) is 33.2 Å². The summed E-state index contributed by atoms with van der Waals surface area (Å²) in [5, 5.41) is 2.63. The predicted molar refractivity (Wildman–Crippen MR) is 69.6 cm³/mol. The number of alkyl halides is 1. The Bertz CT molecular complexity index is 332. The van der Waals surface area contributed by atoms with Crippen LogP contribution in [-0.4, -0.2) is 38.5 Å². The van der Waals surface area contributed by atoms with Gasteiger partial charge in [-0.2, -0.15) is 0 Å². The van der Waals surface area contributed by atoms with Gasteiger partial charge in [-0.25, -0.2) is 13.1 Å². The first kappa shape index (κ1) is 16.7. The predicted octanol–water partition coefficient (Wildman–Crippen LogP) is 0.695. The fraction of sp³-hybridized carbons (Fsp3) is 0.900. The van der Waals surface area contributed by atoms with E-state index in [9.17, 15) is 13.2 Å². The van der Waals surface area contributed by atoms with E-state index < -0.39 is 16.1 Å². The first-order valence-electron chi connectivity index (χ1n) is 5.66. The lowest BCUT2D eigenvalue weighted by molar-refractivity contribution is -0.122. The number of sulfonamides is 1. The molecule has 0 aliphatic heterocycles. The fourth-order valence-corrected chi connectivity index (χ4v) is 3.04. The van der Waals surface area contributed by atoms with Gasteiger partial charge in [0.25, 0.3) is 0 Å². The SMILES string of the molecule is CCCNC(=O)C(C)NS(=O)(=O)CC(C)CCl. The van der Waals surface area contributed by atoms with Gasteiger partial charge in [-0.1, -0.05) is 13.8 Å². The molecule has 0 saturated carbocycles. The highest BCUT2D eigenvalue weighted by Gasteiger charge is 2.21. The molecule has 2 unspecified atom stereocenters. The van der Waals surface area contributed by atoms with Crippen LogP contribution in [-0.2, 0) is 14.8 Å². The van der Waals surface area contributed by atoms with Gasteiger partial charge >= 0.3 is 0 Å². The number of carbonyl (C=O) groups excluding carboxylic acids is 1.